The Hall–Kier alpha value is -3.38. The molecule has 0 fully saturated rings. The van der Waals surface area contributed by atoms with Crippen molar-refractivity contribution in [3.63, 3.8) is 0 Å². The zero-order valence-electron chi connectivity index (χ0n) is 10.2. The minimum atomic E-state index is -2.63. The Kier molecular flexibility index (Phi) is 4.27. The van der Waals surface area contributed by atoms with E-state index in [4.69, 9.17) is 0 Å². The molecular formula is C8H6N4O9. The van der Waals surface area contributed by atoms with Gasteiger partial charge in [-0.05, 0) is 0 Å². The lowest BCUT2D eigenvalue weighted by Crippen LogP contribution is -2.21. The quantitative estimate of drug-likeness (QED) is 0.421. The molecule has 0 N–H and O–H groups in total. The van der Waals surface area contributed by atoms with Gasteiger partial charge in [0.2, 0.25) is 5.75 Å². The average Bonchev–Trinajstić information content (AvgIpc) is 2.36. The van der Waals surface area contributed by atoms with Crippen molar-refractivity contribution in [3.05, 3.63) is 58.2 Å². The summed E-state index contributed by atoms with van der Waals surface area (Å²) in [6.07, 6.45) is -2.63. The minimum Gasteiger partial charge on any atom is -0.490 e. The molecule has 0 aliphatic rings. The van der Waals surface area contributed by atoms with Crippen LogP contribution in [0.2, 0.25) is 0 Å². The molecule has 0 radical (unpaired) electrons. The fourth-order valence-corrected chi connectivity index (χ4v) is 1.58. The van der Waals surface area contributed by atoms with Crippen LogP contribution in [0.5, 0.6) is 5.75 Å². The molecule has 1 aromatic rings. The zero-order valence-corrected chi connectivity index (χ0v) is 10.2. The number of benzene rings is 1. The molecule has 112 valence electrons. The molecule has 0 bridgehead atoms. The smallest absolute Gasteiger partial charge is 0.480 e. The van der Waals surface area contributed by atoms with E-state index in [1.807, 2.05) is 0 Å². The summed E-state index contributed by atoms with van der Waals surface area (Å²) in [7, 11) is 0.897. The third kappa shape index (κ3) is 2.96. The zero-order chi connectivity index (χ0) is 16.3. The van der Waals surface area contributed by atoms with Crippen molar-refractivity contribution >= 4 is 11.4 Å². The number of non-ortho nitro benzene ring substituents is 1. The van der Waals surface area contributed by atoms with E-state index < -0.39 is 48.5 Å². The molecule has 1 aromatic carbocycles. The van der Waals surface area contributed by atoms with Gasteiger partial charge in [-0.1, -0.05) is 0 Å². The second kappa shape index (κ2) is 5.72. The molecule has 0 aromatic heterocycles. The van der Waals surface area contributed by atoms with Gasteiger partial charge in [-0.15, -0.1) is 0 Å². The largest absolute Gasteiger partial charge is 0.490 e. The van der Waals surface area contributed by atoms with E-state index in [9.17, 15) is 40.5 Å². The van der Waals surface area contributed by atoms with Crippen LogP contribution >= 0.6 is 0 Å². The lowest BCUT2D eigenvalue weighted by molar-refractivity contribution is -0.752. The van der Waals surface area contributed by atoms with Crippen molar-refractivity contribution in [3.8, 4) is 5.75 Å². The Labute approximate surface area is 114 Å². The Morgan fingerprint density at radius 2 is 1.48 bits per heavy atom. The summed E-state index contributed by atoms with van der Waals surface area (Å²) >= 11 is 0. The maximum absolute atomic E-state index is 10.8. The number of hydrogen-bond donors (Lipinski definition) is 0. The number of ether oxygens (including phenoxy) is 1. The van der Waals surface area contributed by atoms with Crippen LogP contribution in [-0.4, -0.2) is 26.8 Å². The summed E-state index contributed by atoms with van der Waals surface area (Å²) < 4.78 is 4.58. The van der Waals surface area contributed by atoms with E-state index in [0.717, 1.165) is 7.11 Å². The van der Waals surface area contributed by atoms with E-state index in [1.165, 1.54) is 0 Å². The molecular weight excluding hydrogens is 296 g/mol. The highest BCUT2D eigenvalue weighted by Crippen LogP contribution is 2.39. The molecule has 0 saturated heterocycles. The van der Waals surface area contributed by atoms with Gasteiger partial charge in [0.25, 0.3) is 5.69 Å². The summed E-state index contributed by atoms with van der Waals surface area (Å²) in [5.41, 5.74) is -2.75. The molecule has 0 aliphatic heterocycles. The van der Waals surface area contributed by atoms with Crippen molar-refractivity contribution in [2.45, 2.75) is 6.17 Å². The summed E-state index contributed by atoms with van der Waals surface area (Å²) in [4.78, 5) is 38.2. The molecule has 0 atom stereocenters. The monoisotopic (exact) mass is 302 g/mol. The van der Waals surface area contributed by atoms with Crippen LogP contribution in [0.1, 0.15) is 11.7 Å². The first-order valence-electron chi connectivity index (χ1n) is 4.98. The number of hydrogen-bond acceptors (Lipinski definition) is 9. The topological polar surface area (TPSA) is 182 Å². The number of rotatable bonds is 6. The fraction of sp³-hybridized carbons (Fsp3) is 0.250. The maximum Gasteiger partial charge on any atom is 0.480 e. The first-order valence-corrected chi connectivity index (χ1v) is 4.98. The third-order valence-electron chi connectivity index (χ3n) is 2.37. The molecule has 0 unspecified atom stereocenters. The van der Waals surface area contributed by atoms with Crippen molar-refractivity contribution in [1.82, 2.24) is 0 Å². The van der Waals surface area contributed by atoms with E-state index in [1.54, 1.807) is 0 Å². The first kappa shape index (κ1) is 15.7. The summed E-state index contributed by atoms with van der Waals surface area (Å²) in [5.74, 6) is -0.774. The predicted octanol–water partition coefficient (Wildman–Crippen LogP) is 1.06. The SMILES string of the molecule is COc1c(C([N+](=O)[O-])[N+](=O)[O-])cc([N+](=O)[O-])cc1[N+](=O)[O-]. The second-order valence-corrected chi connectivity index (χ2v) is 3.55. The Bertz CT molecular complexity index is 629. The molecule has 0 saturated carbocycles. The van der Waals surface area contributed by atoms with Gasteiger partial charge in [-0.3, -0.25) is 40.5 Å². The molecule has 0 spiro atoms. The van der Waals surface area contributed by atoms with Crippen molar-refractivity contribution in [2.75, 3.05) is 7.11 Å². The lowest BCUT2D eigenvalue weighted by Gasteiger charge is -2.08. The highest BCUT2D eigenvalue weighted by atomic mass is 16.7. The van der Waals surface area contributed by atoms with E-state index in [-0.39, 0.29) is 0 Å². The normalized spacial score (nSPS) is 10.2. The number of methoxy groups -OCH3 is 1. The van der Waals surface area contributed by atoms with Gasteiger partial charge in [-0.25, -0.2) is 0 Å². The number of nitro groups is 4. The summed E-state index contributed by atoms with van der Waals surface area (Å²) in [6.45, 7) is 0. The van der Waals surface area contributed by atoms with Gasteiger partial charge in [0.05, 0.1) is 23.0 Å². The minimum absolute atomic E-state index is 0.499. The molecule has 0 amide bonds. The lowest BCUT2D eigenvalue weighted by atomic mass is 10.1. The average molecular weight is 302 g/mol. The van der Waals surface area contributed by atoms with Crippen LogP contribution in [0.3, 0.4) is 0 Å². The number of nitro benzene ring substituents is 2. The van der Waals surface area contributed by atoms with E-state index in [0.29, 0.717) is 12.1 Å². The molecule has 1 rings (SSSR count). The van der Waals surface area contributed by atoms with Crippen LogP contribution < -0.4 is 4.74 Å². The van der Waals surface area contributed by atoms with Crippen molar-refractivity contribution < 1.29 is 24.4 Å². The second-order valence-electron chi connectivity index (χ2n) is 3.55. The maximum atomic E-state index is 10.8. The standard InChI is InChI=1S/C8H6N4O9/c1-21-7-5(8(11(17)18)12(19)20)2-4(9(13)14)3-6(7)10(15)16/h2-3,8H,1H3. The van der Waals surface area contributed by atoms with Crippen LogP contribution in [0.4, 0.5) is 11.4 Å². The summed E-state index contributed by atoms with van der Waals surface area (Å²) in [6, 6.07) is 1.00. The van der Waals surface area contributed by atoms with Gasteiger partial charge >= 0.3 is 11.9 Å². The van der Waals surface area contributed by atoms with E-state index in [2.05, 4.69) is 4.74 Å². The van der Waals surface area contributed by atoms with Crippen LogP contribution in [-0.2, 0) is 0 Å². The van der Waals surface area contributed by atoms with Crippen LogP contribution in [0.15, 0.2) is 12.1 Å². The van der Waals surface area contributed by atoms with Gasteiger partial charge in [0, 0.05) is 6.07 Å². The fourth-order valence-electron chi connectivity index (χ4n) is 1.58. The molecule has 13 nitrogen and oxygen atoms in total. The summed E-state index contributed by atoms with van der Waals surface area (Å²) in [5, 5.41) is 43.0. The number of nitrogens with zero attached hydrogens (tertiary/aromatic N) is 4. The first-order chi connectivity index (χ1) is 9.70. The Morgan fingerprint density at radius 1 is 0.952 bits per heavy atom. The van der Waals surface area contributed by atoms with Crippen LogP contribution in [0.25, 0.3) is 0 Å². The highest BCUT2D eigenvalue weighted by molar-refractivity contribution is 5.59. The highest BCUT2D eigenvalue weighted by Gasteiger charge is 2.42. The molecule has 13 heteroatoms. The Balaban J connectivity index is 3.76. The molecule has 0 aliphatic carbocycles. The van der Waals surface area contributed by atoms with Gasteiger partial charge < -0.3 is 4.74 Å². The molecule has 0 heterocycles. The van der Waals surface area contributed by atoms with E-state index >= 15 is 0 Å². The molecule has 21 heavy (non-hydrogen) atoms. The van der Waals surface area contributed by atoms with Crippen molar-refractivity contribution in [1.29, 1.82) is 0 Å². The van der Waals surface area contributed by atoms with Gasteiger partial charge in [-0.2, -0.15) is 0 Å². The van der Waals surface area contributed by atoms with Gasteiger partial charge in [0.1, 0.15) is 9.85 Å². The predicted molar refractivity (Wildman–Crippen MR) is 63.0 cm³/mol. The third-order valence-corrected chi connectivity index (χ3v) is 2.37. The Morgan fingerprint density at radius 3 is 1.81 bits per heavy atom. The van der Waals surface area contributed by atoms with Gasteiger partial charge in [0.15, 0.2) is 5.56 Å². The van der Waals surface area contributed by atoms with Crippen LogP contribution in [0, 0.1) is 40.5 Å². The van der Waals surface area contributed by atoms with Crippen molar-refractivity contribution in [2.24, 2.45) is 0 Å².